The van der Waals surface area contributed by atoms with E-state index >= 15 is 0 Å². The minimum Gasteiger partial charge on any atom is -0.345 e. The summed E-state index contributed by atoms with van der Waals surface area (Å²) in [7, 11) is 1.88. The van der Waals surface area contributed by atoms with Crippen molar-refractivity contribution in [3.05, 3.63) is 63.2 Å². The van der Waals surface area contributed by atoms with Gasteiger partial charge in [0.05, 0.1) is 17.3 Å². The lowest BCUT2D eigenvalue weighted by Crippen LogP contribution is -2.28. The molecule has 1 aromatic carbocycles. The smallest absolute Gasteiger partial charge is 0.252 e. The Bertz CT molecular complexity index is 984. The Hall–Kier alpha value is -2.89. The normalized spacial score (nSPS) is 12.3. The standard InChI is InChI=1S/C18H20N4O2/c1-10(17-11(2)21-22(4)12(17)3)19-18(24)14-9-16(23)20-15-8-6-5-7-13(14)15/h5-10H,1-4H3,(H,19,24)(H,20,23)/t10-/m0/s1. The molecule has 3 rings (SSSR count). The summed E-state index contributed by atoms with van der Waals surface area (Å²) in [5.74, 6) is -0.271. The quantitative estimate of drug-likeness (QED) is 0.776. The lowest BCUT2D eigenvalue weighted by Gasteiger charge is -2.15. The zero-order valence-electron chi connectivity index (χ0n) is 14.2. The van der Waals surface area contributed by atoms with Gasteiger partial charge in [-0.2, -0.15) is 5.10 Å². The number of carbonyl (C=O) groups excluding carboxylic acids is 1. The van der Waals surface area contributed by atoms with Crippen molar-refractivity contribution in [1.82, 2.24) is 20.1 Å². The maximum absolute atomic E-state index is 12.7. The number of pyridine rings is 1. The maximum atomic E-state index is 12.7. The summed E-state index contributed by atoms with van der Waals surface area (Å²) >= 11 is 0. The van der Waals surface area contributed by atoms with Crippen LogP contribution in [0.2, 0.25) is 0 Å². The molecule has 0 aliphatic rings. The number of aromatic nitrogens is 3. The van der Waals surface area contributed by atoms with E-state index in [0.29, 0.717) is 11.1 Å². The Morgan fingerprint density at radius 1 is 1.29 bits per heavy atom. The van der Waals surface area contributed by atoms with Gasteiger partial charge in [0.1, 0.15) is 0 Å². The Kier molecular flexibility index (Phi) is 3.97. The molecule has 0 aliphatic carbocycles. The molecule has 0 saturated heterocycles. The molecule has 2 N–H and O–H groups in total. The Labute approximate surface area is 139 Å². The number of benzene rings is 1. The van der Waals surface area contributed by atoms with Gasteiger partial charge in [-0.3, -0.25) is 14.3 Å². The van der Waals surface area contributed by atoms with Crippen LogP contribution < -0.4 is 10.9 Å². The van der Waals surface area contributed by atoms with Crippen LogP contribution in [0.1, 0.15) is 40.3 Å². The molecule has 0 spiro atoms. The van der Waals surface area contributed by atoms with Crippen molar-refractivity contribution >= 4 is 16.8 Å². The third-order valence-electron chi connectivity index (χ3n) is 4.34. The number of aryl methyl sites for hydroxylation is 2. The molecule has 0 saturated carbocycles. The molecule has 2 aromatic heterocycles. The fraction of sp³-hybridized carbons (Fsp3) is 0.278. The van der Waals surface area contributed by atoms with Crippen molar-refractivity contribution in [2.75, 3.05) is 0 Å². The fourth-order valence-corrected chi connectivity index (χ4v) is 3.16. The SMILES string of the molecule is Cc1nn(C)c(C)c1[C@H](C)NC(=O)c1cc(=O)[nH]c2ccccc12. The summed E-state index contributed by atoms with van der Waals surface area (Å²) < 4.78 is 1.80. The Morgan fingerprint density at radius 2 is 2.00 bits per heavy atom. The van der Waals surface area contributed by atoms with Crippen LogP contribution in [0.15, 0.2) is 35.1 Å². The Morgan fingerprint density at radius 3 is 2.67 bits per heavy atom. The van der Waals surface area contributed by atoms with Crippen molar-refractivity contribution in [3.8, 4) is 0 Å². The zero-order valence-corrected chi connectivity index (χ0v) is 14.2. The number of hydrogen-bond donors (Lipinski definition) is 2. The van der Waals surface area contributed by atoms with E-state index in [0.717, 1.165) is 22.3 Å². The van der Waals surface area contributed by atoms with E-state index < -0.39 is 0 Å². The minimum absolute atomic E-state index is 0.204. The summed E-state index contributed by atoms with van der Waals surface area (Å²) in [6, 6.07) is 8.41. The predicted molar refractivity (Wildman–Crippen MR) is 93.1 cm³/mol. The number of nitrogens with one attached hydrogen (secondary N) is 2. The van der Waals surface area contributed by atoms with Gasteiger partial charge < -0.3 is 10.3 Å². The Balaban J connectivity index is 1.97. The van der Waals surface area contributed by atoms with Crippen molar-refractivity contribution in [1.29, 1.82) is 0 Å². The van der Waals surface area contributed by atoms with Gasteiger partial charge in [0.2, 0.25) is 5.56 Å². The summed E-state index contributed by atoms with van der Waals surface area (Å²) in [5.41, 5.74) is 3.63. The second-order valence-electron chi connectivity index (χ2n) is 6.00. The third-order valence-corrected chi connectivity index (χ3v) is 4.34. The van der Waals surface area contributed by atoms with Gasteiger partial charge in [-0.05, 0) is 26.8 Å². The minimum atomic E-state index is -0.291. The zero-order chi connectivity index (χ0) is 17.4. The van der Waals surface area contributed by atoms with Gasteiger partial charge in [0, 0.05) is 35.3 Å². The van der Waals surface area contributed by atoms with E-state index in [1.807, 2.05) is 46.0 Å². The summed E-state index contributed by atoms with van der Waals surface area (Å²) in [6.45, 7) is 5.82. The van der Waals surface area contributed by atoms with E-state index in [9.17, 15) is 9.59 Å². The highest BCUT2D eigenvalue weighted by Gasteiger charge is 2.20. The summed E-state index contributed by atoms with van der Waals surface area (Å²) in [5, 5.41) is 8.09. The number of carbonyl (C=O) groups is 1. The molecular formula is C18H20N4O2. The van der Waals surface area contributed by atoms with Gasteiger partial charge in [-0.25, -0.2) is 0 Å². The molecular weight excluding hydrogens is 304 g/mol. The van der Waals surface area contributed by atoms with Gasteiger partial charge in [-0.15, -0.1) is 0 Å². The molecule has 3 aromatic rings. The number of hydrogen-bond acceptors (Lipinski definition) is 3. The van der Waals surface area contributed by atoms with Crippen LogP contribution >= 0.6 is 0 Å². The highest BCUT2D eigenvalue weighted by molar-refractivity contribution is 6.06. The van der Waals surface area contributed by atoms with Crippen molar-refractivity contribution in [2.24, 2.45) is 7.05 Å². The highest BCUT2D eigenvalue weighted by atomic mass is 16.2. The van der Waals surface area contributed by atoms with Gasteiger partial charge in [0.15, 0.2) is 0 Å². The number of aromatic amines is 1. The van der Waals surface area contributed by atoms with E-state index in [1.54, 1.807) is 10.7 Å². The number of rotatable bonds is 3. The van der Waals surface area contributed by atoms with Crippen LogP contribution in [-0.2, 0) is 7.05 Å². The van der Waals surface area contributed by atoms with E-state index in [4.69, 9.17) is 0 Å². The van der Waals surface area contributed by atoms with Crippen LogP contribution in [-0.4, -0.2) is 20.7 Å². The number of amides is 1. The van der Waals surface area contributed by atoms with Crippen LogP contribution in [0.25, 0.3) is 10.9 Å². The fourth-order valence-electron chi connectivity index (χ4n) is 3.16. The lowest BCUT2D eigenvalue weighted by molar-refractivity contribution is 0.0941. The van der Waals surface area contributed by atoms with Crippen LogP contribution in [0, 0.1) is 13.8 Å². The van der Waals surface area contributed by atoms with Crippen molar-refractivity contribution in [2.45, 2.75) is 26.8 Å². The molecule has 6 heteroatoms. The van der Waals surface area contributed by atoms with Crippen LogP contribution in [0.4, 0.5) is 0 Å². The van der Waals surface area contributed by atoms with E-state index in [2.05, 4.69) is 15.4 Å². The number of nitrogens with zero attached hydrogens (tertiary/aromatic N) is 2. The van der Waals surface area contributed by atoms with Gasteiger partial charge in [-0.1, -0.05) is 18.2 Å². The van der Waals surface area contributed by atoms with Crippen molar-refractivity contribution in [3.63, 3.8) is 0 Å². The number of H-pyrrole nitrogens is 1. The highest BCUT2D eigenvalue weighted by Crippen LogP contribution is 2.22. The van der Waals surface area contributed by atoms with E-state index in [1.165, 1.54) is 6.07 Å². The lowest BCUT2D eigenvalue weighted by atomic mass is 10.0. The number of fused-ring (bicyclic) bond motifs is 1. The molecule has 24 heavy (non-hydrogen) atoms. The molecule has 0 unspecified atom stereocenters. The van der Waals surface area contributed by atoms with E-state index in [-0.39, 0.29) is 17.5 Å². The average molecular weight is 324 g/mol. The third kappa shape index (κ3) is 2.71. The van der Waals surface area contributed by atoms with Crippen LogP contribution in [0.3, 0.4) is 0 Å². The monoisotopic (exact) mass is 324 g/mol. The van der Waals surface area contributed by atoms with Gasteiger partial charge >= 0.3 is 0 Å². The molecule has 1 amide bonds. The second kappa shape index (κ2) is 5.96. The average Bonchev–Trinajstić information content (AvgIpc) is 2.78. The largest absolute Gasteiger partial charge is 0.345 e. The first kappa shape index (κ1) is 16.0. The van der Waals surface area contributed by atoms with Gasteiger partial charge in [0.25, 0.3) is 5.91 Å². The first-order valence-electron chi connectivity index (χ1n) is 7.81. The molecule has 1 atom stereocenters. The molecule has 0 aliphatic heterocycles. The maximum Gasteiger partial charge on any atom is 0.252 e. The first-order chi connectivity index (χ1) is 11.4. The van der Waals surface area contributed by atoms with Crippen LogP contribution in [0.5, 0.6) is 0 Å². The van der Waals surface area contributed by atoms with Crippen molar-refractivity contribution < 1.29 is 4.79 Å². The topological polar surface area (TPSA) is 79.8 Å². The molecule has 6 nitrogen and oxygen atoms in total. The first-order valence-corrected chi connectivity index (χ1v) is 7.81. The second-order valence-corrected chi connectivity index (χ2v) is 6.00. The molecule has 0 fully saturated rings. The predicted octanol–water partition coefficient (Wildman–Crippen LogP) is 2.37. The molecule has 0 bridgehead atoms. The molecule has 0 radical (unpaired) electrons. The number of para-hydroxylation sites is 1. The summed E-state index contributed by atoms with van der Waals surface area (Å²) in [4.78, 5) is 27.3. The summed E-state index contributed by atoms with van der Waals surface area (Å²) in [6.07, 6.45) is 0. The molecule has 124 valence electrons. The molecule has 2 heterocycles.